The van der Waals surface area contributed by atoms with Gasteiger partial charge in [-0.05, 0) is 36.6 Å². The lowest BCUT2D eigenvalue weighted by Gasteiger charge is -2.19. The molecule has 0 bridgehead atoms. The van der Waals surface area contributed by atoms with Gasteiger partial charge in [-0.3, -0.25) is 15.1 Å². The summed E-state index contributed by atoms with van der Waals surface area (Å²) < 4.78 is 33.7. The molecular weight excluding hydrogens is 398 g/mol. The molecule has 1 aromatic carbocycles. The molecule has 1 atom stereocenters. The van der Waals surface area contributed by atoms with Gasteiger partial charge >= 0.3 is 0 Å². The Bertz CT molecular complexity index is 1130. The third-order valence-corrected chi connectivity index (χ3v) is 5.84. The third kappa shape index (κ3) is 4.46. The number of benzene rings is 1. The second-order valence-corrected chi connectivity index (χ2v) is 8.43. The standard InChI is InChI=1S/C18H19N5O5S/c1-11(2)16(18-20-17(21-28-18)13-5-4-8-19-10-13)22-29(26,27)15-7-6-14(23(24)25)9-12(15)3/h4-11,16,22H,1-3H3. The first-order valence-electron chi connectivity index (χ1n) is 8.70. The quantitative estimate of drug-likeness (QED) is 0.457. The van der Waals surface area contributed by atoms with Crippen LogP contribution in [0.3, 0.4) is 0 Å². The van der Waals surface area contributed by atoms with E-state index in [2.05, 4.69) is 19.8 Å². The second kappa shape index (κ2) is 8.05. The number of hydrogen-bond acceptors (Lipinski definition) is 8. The molecule has 0 aliphatic heterocycles. The van der Waals surface area contributed by atoms with E-state index in [0.29, 0.717) is 11.4 Å². The molecule has 2 aromatic heterocycles. The number of non-ortho nitro benzene ring substituents is 1. The maximum atomic E-state index is 12.9. The molecule has 3 aromatic rings. The summed E-state index contributed by atoms with van der Waals surface area (Å²) in [4.78, 5) is 18.6. The first-order valence-corrected chi connectivity index (χ1v) is 10.2. The van der Waals surface area contributed by atoms with Crippen molar-refractivity contribution >= 4 is 15.7 Å². The zero-order valence-electron chi connectivity index (χ0n) is 15.9. The fourth-order valence-electron chi connectivity index (χ4n) is 2.72. The van der Waals surface area contributed by atoms with Crippen molar-refractivity contribution in [1.29, 1.82) is 0 Å². The molecule has 2 heterocycles. The van der Waals surface area contributed by atoms with Crippen molar-refractivity contribution in [3.05, 3.63) is 64.3 Å². The van der Waals surface area contributed by atoms with Crippen molar-refractivity contribution in [1.82, 2.24) is 19.8 Å². The fourth-order valence-corrected chi connectivity index (χ4v) is 4.29. The predicted molar refractivity (Wildman–Crippen MR) is 103 cm³/mol. The van der Waals surface area contributed by atoms with Crippen LogP contribution in [-0.2, 0) is 10.0 Å². The molecule has 0 saturated heterocycles. The van der Waals surface area contributed by atoms with Crippen molar-refractivity contribution in [3.63, 3.8) is 0 Å². The Kier molecular flexibility index (Phi) is 5.71. The first-order chi connectivity index (χ1) is 13.7. The molecule has 0 aliphatic rings. The monoisotopic (exact) mass is 417 g/mol. The molecule has 1 unspecified atom stereocenters. The summed E-state index contributed by atoms with van der Waals surface area (Å²) in [6.45, 7) is 5.12. The number of nitro benzene ring substituents is 1. The maximum Gasteiger partial charge on any atom is 0.269 e. The van der Waals surface area contributed by atoms with E-state index >= 15 is 0 Å². The minimum absolute atomic E-state index is 0.0549. The van der Waals surface area contributed by atoms with E-state index < -0.39 is 21.0 Å². The molecule has 3 rings (SSSR count). The summed E-state index contributed by atoms with van der Waals surface area (Å²) in [7, 11) is -3.99. The molecular formula is C18H19N5O5S. The van der Waals surface area contributed by atoms with Crippen molar-refractivity contribution in [2.75, 3.05) is 0 Å². The summed E-state index contributed by atoms with van der Waals surface area (Å²) in [6, 6.07) is 6.28. The van der Waals surface area contributed by atoms with Crippen LogP contribution in [0, 0.1) is 23.0 Å². The lowest BCUT2D eigenvalue weighted by Crippen LogP contribution is -2.32. The van der Waals surface area contributed by atoms with E-state index in [1.54, 1.807) is 24.5 Å². The van der Waals surface area contributed by atoms with Gasteiger partial charge in [0.2, 0.25) is 21.7 Å². The summed E-state index contributed by atoms with van der Waals surface area (Å²) in [6.07, 6.45) is 3.19. The SMILES string of the molecule is Cc1cc([N+](=O)[O-])ccc1S(=O)(=O)NC(c1nc(-c2cccnc2)no1)C(C)C. The summed E-state index contributed by atoms with van der Waals surface area (Å²) in [5.74, 6) is 0.205. The number of nitrogens with zero attached hydrogens (tertiary/aromatic N) is 4. The average Bonchev–Trinajstić information content (AvgIpc) is 3.16. The van der Waals surface area contributed by atoms with Gasteiger partial charge in [0, 0.05) is 30.1 Å². The Morgan fingerprint density at radius 3 is 2.59 bits per heavy atom. The number of sulfonamides is 1. The Morgan fingerprint density at radius 2 is 2.00 bits per heavy atom. The Balaban J connectivity index is 1.91. The van der Waals surface area contributed by atoms with Crippen molar-refractivity contribution in [2.24, 2.45) is 5.92 Å². The molecule has 0 fully saturated rings. The fraction of sp³-hybridized carbons (Fsp3) is 0.278. The van der Waals surface area contributed by atoms with Crippen LogP contribution in [0.25, 0.3) is 11.4 Å². The van der Waals surface area contributed by atoms with Crippen LogP contribution in [0.1, 0.15) is 31.3 Å². The highest BCUT2D eigenvalue weighted by Gasteiger charge is 2.30. The molecule has 29 heavy (non-hydrogen) atoms. The molecule has 0 spiro atoms. The summed E-state index contributed by atoms with van der Waals surface area (Å²) in [5.41, 5.74) is 0.717. The van der Waals surface area contributed by atoms with E-state index in [1.807, 2.05) is 13.8 Å². The Hall–Kier alpha value is -3.18. The van der Waals surface area contributed by atoms with Gasteiger partial charge in [0.1, 0.15) is 6.04 Å². The number of aromatic nitrogens is 3. The minimum Gasteiger partial charge on any atom is -0.337 e. The van der Waals surface area contributed by atoms with Crippen LogP contribution in [0.4, 0.5) is 5.69 Å². The van der Waals surface area contributed by atoms with Gasteiger partial charge in [0.05, 0.1) is 9.82 Å². The zero-order chi connectivity index (χ0) is 21.2. The molecule has 11 heteroatoms. The van der Waals surface area contributed by atoms with Crippen LogP contribution in [-0.4, -0.2) is 28.5 Å². The molecule has 152 valence electrons. The van der Waals surface area contributed by atoms with Gasteiger partial charge in [-0.25, -0.2) is 8.42 Å². The Labute approximate surface area is 167 Å². The van der Waals surface area contributed by atoms with Crippen LogP contribution in [0.5, 0.6) is 0 Å². The van der Waals surface area contributed by atoms with Gasteiger partial charge in [-0.15, -0.1) is 0 Å². The van der Waals surface area contributed by atoms with E-state index in [1.165, 1.54) is 19.1 Å². The molecule has 0 radical (unpaired) electrons. The van der Waals surface area contributed by atoms with Gasteiger partial charge in [0.15, 0.2) is 0 Å². The number of nitrogens with one attached hydrogen (secondary N) is 1. The van der Waals surface area contributed by atoms with E-state index in [4.69, 9.17) is 4.52 Å². The maximum absolute atomic E-state index is 12.9. The second-order valence-electron chi connectivity index (χ2n) is 6.75. The Morgan fingerprint density at radius 1 is 1.24 bits per heavy atom. The topological polar surface area (TPSA) is 141 Å². The highest BCUT2D eigenvalue weighted by molar-refractivity contribution is 7.89. The van der Waals surface area contributed by atoms with Crippen molar-refractivity contribution in [3.8, 4) is 11.4 Å². The summed E-state index contributed by atoms with van der Waals surface area (Å²) >= 11 is 0. The highest BCUT2D eigenvalue weighted by Crippen LogP contribution is 2.27. The number of nitro groups is 1. The van der Waals surface area contributed by atoms with Gasteiger partial charge in [-0.2, -0.15) is 9.71 Å². The minimum atomic E-state index is -3.99. The number of pyridine rings is 1. The lowest BCUT2D eigenvalue weighted by atomic mass is 10.1. The molecule has 0 saturated carbocycles. The molecule has 10 nitrogen and oxygen atoms in total. The van der Waals surface area contributed by atoms with Crippen molar-refractivity contribution < 1.29 is 17.9 Å². The number of rotatable bonds is 7. The number of aryl methyl sites for hydroxylation is 1. The third-order valence-electron chi connectivity index (χ3n) is 4.24. The van der Waals surface area contributed by atoms with Gasteiger partial charge in [0.25, 0.3) is 5.69 Å². The predicted octanol–water partition coefficient (Wildman–Crippen LogP) is 3.02. The zero-order valence-corrected chi connectivity index (χ0v) is 16.8. The van der Waals surface area contributed by atoms with Crippen molar-refractivity contribution in [2.45, 2.75) is 31.7 Å². The van der Waals surface area contributed by atoms with Crippen LogP contribution in [0.2, 0.25) is 0 Å². The number of hydrogen-bond donors (Lipinski definition) is 1. The highest BCUT2D eigenvalue weighted by atomic mass is 32.2. The largest absolute Gasteiger partial charge is 0.337 e. The normalized spacial score (nSPS) is 12.8. The van der Waals surface area contributed by atoms with Gasteiger partial charge < -0.3 is 4.52 Å². The van der Waals surface area contributed by atoms with Crippen LogP contribution < -0.4 is 4.72 Å². The van der Waals surface area contributed by atoms with Crippen LogP contribution in [0.15, 0.2) is 52.1 Å². The van der Waals surface area contributed by atoms with Crippen LogP contribution >= 0.6 is 0 Å². The van der Waals surface area contributed by atoms with Gasteiger partial charge in [-0.1, -0.05) is 19.0 Å². The molecule has 0 amide bonds. The molecule has 0 aliphatic carbocycles. The smallest absolute Gasteiger partial charge is 0.269 e. The summed E-state index contributed by atoms with van der Waals surface area (Å²) in [5, 5.41) is 14.8. The lowest BCUT2D eigenvalue weighted by molar-refractivity contribution is -0.385. The van der Waals surface area contributed by atoms with E-state index in [-0.39, 0.29) is 28.0 Å². The molecule has 1 N–H and O–H groups in total. The van der Waals surface area contributed by atoms with E-state index in [9.17, 15) is 18.5 Å². The average molecular weight is 417 g/mol. The van der Waals surface area contributed by atoms with E-state index in [0.717, 1.165) is 6.07 Å². The first kappa shape index (κ1) is 20.6.